The molecular formula is C18H26N4O. The van der Waals surface area contributed by atoms with Gasteiger partial charge in [0, 0.05) is 70.0 Å². The maximum atomic E-state index is 11.9. The van der Waals surface area contributed by atoms with Crippen LogP contribution in [0.5, 0.6) is 0 Å². The predicted molar refractivity (Wildman–Crippen MR) is 88.7 cm³/mol. The zero-order chi connectivity index (χ0) is 15.7. The van der Waals surface area contributed by atoms with E-state index in [9.17, 15) is 4.79 Å². The monoisotopic (exact) mass is 314 g/mol. The van der Waals surface area contributed by atoms with E-state index in [2.05, 4.69) is 26.2 Å². The summed E-state index contributed by atoms with van der Waals surface area (Å²) in [5.74, 6) is 1.13. The van der Waals surface area contributed by atoms with Gasteiger partial charge in [0.2, 0.25) is 5.91 Å². The Bertz CT molecular complexity index is 559. The summed E-state index contributed by atoms with van der Waals surface area (Å²) >= 11 is 0. The maximum Gasteiger partial charge on any atom is 0.220 e. The molecule has 1 aromatic rings. The number of pyridine rings is 1. The number of nitrogens with zero attached hydrogens (tertiary/aromatic N) is 3. The molecule has 1 atom stereocenters. The molecule has 0 aromatic carbocycles. The fourth-order valence-corrected chi connectivity index (χ4v) is 4.12. The molecule has 1 aliphatic carbocycles. The number of carbonyl (C=O) groups is 1. The summed E-state index contributed by atoms with van der Waals surface area (Å²) < 4.78 is 0. The van der Waals surface area contributed by atoms with E-state index in [1.807, 2.05) is 18.5 Å². The first-order chi connectivity index (χ1) is 11.2. The highest BCUT2D eigenvalue weighted by molar-refractivity contribution is 5.79. The van der Waals surface area contributed by atoms with Crippen LogP contribution in [0.2, 0.25) is 0 Å². The summed E-state index contributed by atoms with van der Waals surface area (Å²) in [5.41, 5.74) is 1.35. The van der Waals surface area contributed by atoms with Crippen molar-refractivity contribution in [1.82, 2.24) is 20.1 Å². The second-order valence-electron chi connectivity index (χ2n) is 7.70. The molecule has 5 nitrogen and oxygen atoms in total. The van der Waals surface area contributed by atoms with E-state index < -0.39 is 0 Å². The van der Waals surface area contributed by atoms with Crippen molar-refractivity contribution in [1.29, 1.82) is 0 Å². The van der Waals surface area contributed by atoms with E-state index in [4.69, 9.17) is 0 Å². The van der Waals surface area contributed by atoms with E-state index in [-0.39, 0.29) is 11.3 Å². The quantitative estimate of drug-likeness (QED) is 0.905. The van der Waals surface area contributed by atoms with Crippen LogP contribution < -0.4 is 5.32 Å². The Morgan fingerprint density at radius 2 is 2.09 bits per heavy atom. The van der Waals surface area contributed by atoms with Gasteiger partial charge in [-0.25, -0.2) is 0 Å². The van der Waals surface area contributed by atoms with Gasteiger partial charge in [-0.2, -0.15) is 0 Å². The van der Waals surface area contributed by atoms with Gasteiger partial charge in [0.05, 0.1) is 0 Å². The molecule has 2 aliphatic heterocycles. The lowest BCUT2D eigenvalue weighted by molar-refractivity contribution is -0.119. The first-order valence-corrected chi connectivity index (χ1v) is 8.81. The van der Waals surface area contributed by atoms with E-state index >= 15 is 0 Å². The highest BCUT2D eigenvalue weighted by atomic mass is 16.1. The van der Waals surface area contributed by atoms with Crippen molar-refractivity contribution in [3.05, 3.63) is 30.1 Å². The molecule has 2 saturated heterocycles. The van der Waals surface area contributed by atoms with Crippen LogP contribution in [0.4, 0.5) is 0 Å². The van der Waals surface area contributed by atoms with Crippen molar-refractivity contribution >= 4 is 5.91 Å². The fourth-order valence-electron chi connectivity index (χ4n) is 4.12. The van der Waals surface area contributed by atoms with Crippen LogP contribution in [0.15, 0.2) is 24.5 Å². The van der Waals surface area contributed by atoms with Gasteiger partial charge in [-0.15, -0.1) is 0 Å². The topological polar surface area (TPSA) is 48.5 Å². The Hall–Kier alpha value is -1.46. The van der Waals surface area contributed by atoms with Crippen LogP contribution in [0.25, 0.3) is 0 Å². The molecule has 3 heterocycles. The number of nitrogens with one attached hydrogen (secondary N) is 1. The SMILES string of the molecule is O=C1C[C@@]2(CN1)CN(Cc1cccnc1)CCN(CC1CC1)C2. The smallest absolute Gasteiger partial charge is 0.220 e. The summed E-state index contributed by atoms with van der Waals surface area (Å²) in [5, 5.41) is 3.08. The first kappa shape index (κ1) is 15.1. The molecule has 0 bridgehead atoms. The average molecular weight is 314 g/mol. The van der Waals surface area contributed by atoms with Gasteiger partial charge >= 0.3 is 0 Å². The third kappa shape index (κ3) is 3.72. The summed E-state index contributed by atoms with van der Waals surface area (Å²) in [6.45, 7) is 7.24. The second kappa shape index (κ2) is 6.21. The zero-order valence-electron chi connectivity index (χ0n) is 13.7. The molecule has 1 N–H and O–H groups in total. The molecule has 1 spiro atoms. The van der Waals surface area contributed by atoms with E-state index in [1.165, 1.54) is 24.9 Å². The summed E-state index contributed by atoms with van der Waals surface area (Å²) in [6.07, 6.45) is 7.24. The average Bonchev–Trinajstić information content (AvgIpc) is 3.30. The third-order valence-electron chi connectivity index (χ3n) is 5.39. The Morgan fingerprint density at radius 1 is 1.26 bits per heavy atom. The van der Waals surface area contributed by atoms with Crippen LogP contribution in [-0.2, 0) is 11.3 Å². The standard InChI is InChI=1S/C18H26N4O/c23-17-8-18(12-20-17)13-21(10-15-3-4-15)6-7-22(14-18)11-16-2-1-5-19-9-16/h1-2,5,9,15H,3-4,6-8,10-14H2,(H,20,23)/t18-/m0/s1. The Balaban J connectivity index is 1.48. The van der Waals surface area contributed by atoms with Crippen LogP contribution >= 0.6 is 0 Å². The molecule has 0 radical (unpaired) electrons. The van der Waals surface area contributed by atoms with E-state index in [0.29, 0.717) is 6.42 Å². The normalized spacial score (nSPS) is 29.7. The summed E-state index contributed by atoms with van der Waals surface area (Å²) in [6, 6.07) is 4.15. The Kier molecular flexibility index (Phi) is 4.07. The number of hydrogen-bond donors (Lipinski definition) is 1. The van der Waals surface area contributed by atoms with Crippen LogP contribution in [-0.4, -0.2) is 60.0 Å². The second-order valence-corrected chi connectivity index (χ2v) is 7.70. The lowest BCUT2D eigenvalue weighted by Gasteiger charge is -2.33. The van der Waals surface area contributed by atoms with Gasteiger partial charge in [-0.05, 0) is 30.4 Å². The van der Waals surface area contributed by atoms with Crippen LogP contribution in [0.3, 0.4) is 0 Å². The van der Waals surface area contributed by atoms with Gasteiger partial charge in [0.1, 0.15) is 0 Å². The highest BCUT2D eigenvalue weighted by Gasteiger charge is 2.43. The fraction of sp³-hybridized carbons (Fsp3) is 0.667. The number of rotatable bonds is 4. The van der Waals surface area contributed by atoms with Crippen molar-refractivity contribution in [2.75, 3.05) is 39.3 Å². The number of hydrogen-bond acceptors (Lipinski definition) is 4. The van der Waals surface area contributed by atoms with Gasteiger partial charge in [0.25, 0.3) is 0 Å². The minimum Gasteiger partial charge on any atom is -0.355 e. The molecule has 3 fully saturated rings. The minimum absolute atomic E-state index is 0.0880. The zero-order valence-corrected chi connectivity index (χ0v) is 13.7. The summed E-state index contributed by atoms with van der Waals surface area (Å²) in [4.78, 5) is 21.2. The van der Waals surface area contributed by atoms with Crippen LogP contribution in [0.1, 0.15) is 24.8 Å². The van der Waals surface area contributed by atoms with E-state index in [1.54, 1.807) is 0 Å². The van der Waals surface area contributed by atoms with Crippen LogP contribution in [0, 0.1) is 11.3 Å². The van der Waals surface area contributed by atoms with E-state index in [0.717, 1.165) is 45.2 Å². The number of amides is 1. The maximum absolute atomic E-state index is 11.9. The Labute approximate surface area is 138 Å². The van der Waals surface area contributed by atoms with Crippen molar-refractivity contribution in [3.63, 3.8) is 0 Å². The molecular weight excluding hydrogens is 288 g/mol. The van der Waals surface area contributed by atoms with Crippen molar-refractivity contribution in [2.45, 2.75) is 25.8 Å². The highest BCUT2D eigenvalue weighted by Crippen LogP contribution is 2.35. The molecule has 1 saturated carbocycles. The van der Waals surface area contributed by atoms with Gasteiger partial charge in [-0.1, -0.05) is 6.07 Å². The molecule has 23 heavy (non-hydrogen) atoms. The molecule has 4 rings (SSSR count). The summed E-state index contributed by atoms with van der Waals surface area (Å²) in [7, 11) is 0. The molecule has 3 aliphatic rings. The number of aromatic nitrogens is 1. The molecule has 5 heteroatoms. The molecule has 1 amide bonds. The molecule has 0 unspecified atom stereocenters. The largest absolute Gasteiger partial charge is 0.355 e. The van der Waals surface area contributed by atoms with Crippen molar-refractivity contribution in [2.24, 2.45) is 11.3 Å². The lowest BCUT2D eigenvalue weighted by atomic mass is 9.86. The minimum atomic E-state index is 0.0880. The van der Waals surface area contributed by atoms with Gasteiger partial charge in [0.15, 0.2) is 0 Å². The Morgan fingerprint density at radius 3 is 2.78 bits per heavy atom. The number of carbonyl (C=O) groups excluding carboxylic acids is 1. The van der Waals surface area contributed by atoms with Gasteiger partial charge < -0.3 is 10.2 Å². The third-order valence-corrected chi connectivity index (χ3v) is 5.39. The van der Waals surface area contributed by atoms with Crippen molar-refractivity contribution in [3.8, 4) is 0 Å². The first-order valence-electron chi connectivity index (χ1n) is 8.81. The van der Waals surface area contributed by atoms with Crippen molar-refractivity contribution < 1.29 is 4.79 Å². The lowest BCUT2D eigenvalue weighted by Crippen LogP contribution is -2.42. The molecule has 1 aromatic heterocycles. The van der Waals surface area contributed by atoms with Gasteiger partial charge in [-0.3, -0.25) is 14.7 Å². The predicted octanol–water partition coefficient (Wildman–Crippen LogP) is 1.12. The molecule has 124 valence electrons.